The summed E-state index contributed by atoms with van der Waals surface area (Å²) in [6, 6.07) is 15.1. The predicted molar refractivity (Wildman–Crippen MR) is 144 cm³/mol. The van der Waals surface area contributed by atoms with E-state index in [2.05, 4.69) is 5.32 Å². The molecular formula is C29H41N3O5. The zero-order valence-electron chi connectivity index (χ0n) is 22.7. The summed E-state index contributed by atoms with van der Waals surface area (Å²) in [5, 5.41) is 3.40. The third-order valence-electron chi connectivity index (χ3n) is 6.66. The molecule has 1 heterocycles. The van der Waals surface area contributed by atoms with Crippen LogP contribution in [-0.2, 0) is 16.1 Å². The van der Waals surface area contributed by atoms with Gasteiger partial charge in [0.25, 0.3) is 5.91 Å². The Labute approximate surface area is 220 Å². The van der Waals surface area contributed by atoms with Crippen LogP contribution in [-0.4, -0.2) is 81.3 Å². The molecule has 3 rings (SSSR count). The summed E-state index contributed by atoms with van der Waals surface area (Å²) in [6.07, 6.45) is 1.35. The molecule has 1 N–H and O–H groups in total. The van der Waals surface area contributed by atoms with E-state index in [4.69, 9.17) is 14.2 Å². The monoisotopic (exact) mass is 511 g/mol. The summed E-state index contributed by atoms with van der Waals surface area (Å²) in [4.78, 5) is 30.7. The third kappa shape index (κ3) is 7.69. The number of carbonyl (C=O) groups is 2. The van der Waals surface area contributed by atoms with E-state index < -0.39 is 0 Å². The second-order valence-electron chi connectivity index (χ2n) is 9.79. The lowest BCUT2D eigenvalue weighted by Crippen LogP contribution is -2.55. The number of nitrogens with one attached hydrogen (secondary N) is 1. The zero-order valence-corrected chi connectivity index (χ0v) is 22.7. The van der Waals surface area contributed by atoms with Crippen LogP contribution in [0.5, 0.6) is 11.5 Å². The largest absolute Gasteiger partial charge is 0.493 e. The predicted octanol–water partition coefficient (Wildman–Crippen LogP) is 3.60. The number of ether oxygens (including phenoxy) is 3. The number of methoxy groups -OCH3 is 2. The molecule has 8 nitrogen and oxygen atoms in total. The van der Waals surface area contributed by atoms with Gasteiger partial charge in [-0.1, -0.05) is 30.3 Å². The van der Waals surface area contributed by atoms with Gasteiger partial charge in [0.15, 0.2) is 11.5 Å². The maximum atomic E-state index is 13.8. The minimum absolute atomic E-state index is 0.0385. The summed E-state index contributed by atoms with van der Waals surface area (Å²) >= 11 is 0. The van der Waals surface area contributed by atoms with Crippen molar-refractivity contribution in [1.29, 1.82) is 0 Å². The Morgan fingerprint density at radius 2 is 1.78 bits per heavy atom. The Bertz CT molecular complexity index is 1010. The number of hydrogen-bond acceptors (Lipinski definition) is 6. The van der Waals surface area contributed by atoms with Gasteiger partial charge < -0.3 is 29.3 Å². The quantitative estimate of drug-likeness (QED) is 0.439. The van der Waals surface area contributed by atoms with E-state index in [9.17, 15) is 9.59 Å². The lowest BCUT2D eigenvalue weighted by Gasteiger charge is -2.40. The van der Waals surface area contributed by atoms with E-state index in [0.717, 1.165) is 12.0 Å². The standard InChI is InChI=1S/C29H41N3O5/c1-21(2)32(29(34)23-12-13-26(36-5)27(17-23)37-15-9-14-35-4)25-16-24(18-30-19-25)28(33)31(3)20-22-10-7-6-8-11-22/h6-8,10-13,17,21,24-25,30H,9,14-16,18-20H2,1-5H3/t24-,25+/m0/s1. The van der Waals surface area contributed by atoms with Gasteiger partial charge in [-0.3, -0.25) is 9.59 Å². The molecule has 0 saturated carbocycles. The van der Waals surface area contributed by atoms with Crippen LogP contribution in [0.15, 0.2) is 48.5 Å². The van der Waals surface area contributed by atoms with Gasteiger partial charge in [0.1, 0.15) is 0 Å². The Kier molecular flexibility index (Phi) is 10.8. The van der Waals surface area contributed by atoms with E-state index in [-0.39, 0.29) is 29.8 Å². The molecule has 1 fully saturated rings. The van der Waals surface area contributed by atoms with Crippen molar-refractivity contribution in [2.45, 2.75) is 45.3 Å². The van der Waals surface area contributed by atoms with Crippen molar-refractivity contribution in [3.63, 3.8) is 0 Å². The van der Waals surface area contributed by atoms with Crippen molar-refractivity contribution in [2.75, 3.05) is 47.6 Å². The Hall–Kier alpha value is -3.10. The fourth-order valence-corrected chi connectivity index (χ4v) is 4.85. The second kappa shape index (κ2) is 14.0. The molecule has 2 amide bonds. The first-order valence-corrected chi connectivity index (χ1v) is 13.0. The first-order valence-electron chi connectivity index (χ1n) is 13.0. The topological polar surface area (TPSA) is 80.3 Å². The van der Waals surface area contributed by atoms with Crippen molar-refractivity contribution in [2.24, 2.45) is 5.92 Å². The van der Waals surface area contributed by atoms with Gasteiger partial charge in [-0.15, -0.1) is 0 Å². The van der Waals surface area contributed by atoms with E-state index in [1.165, 1.54) is 0 Å². The van der Waals surface area contributed by atoms with E-state index in [0.29, 0.717) is 56.3 Å². The molecule has 0 aliphatic carbocycles. The van der Waals surface area contributed by atoms with Crippen molar-refractivity contribution in [3.05, 3.63) is 59.7 Å². The maximum absolute atomic E-state index is 13.8. The first kappa shape index (κ1) is 28.5. The molecular weight excluding hydrogens is 470 g/mol. The molecule has 2 atom stereocenters. The molecule has 1 aliphatic rings. The molecule has 1 saturated heterocycles. The normalized spacial score (nSPS) is 17.4. The van der Waals surface area contributed by atoms with Crippen LogP contribution >= 0.6 is 0 Å². The van der Waals surface area contributed by atoms with Gasteiger partial charge in [0.05, 0.1) is 19.6 Å². The van der Waals surface area contributed by atoms with Crippen molar-refractivity contribution in [3.8, 4) is 11.5 Å². The number of amides is 2. The molecule has 2 aromatic rings. The molecule has 8 heteroatoms. The van der Waals surface area contributed by atoms with Crippen LogP contribution in [0, 0.1) is 5.92 Å². The highest BCUT2D eigenvalue weighted by atomic mass is 16.5. The summed E-state index contributed by atoms with van der Waals surface area (Å²) < 4.78 is 16.4. The van der Waals surface area contributed by atoms with Crippen molar-refractivity contribution in [1.82, 2.24) is 15.1 Å². The van der Waals surface area contributed by atoms with Gasteiger partial charge in [-0.05, 0) is 44.0 Å². The second-order valence-corrected chi connectivity index (χ2v) is 9.79. The minimum Gasteiger partial charge on any atom is -0.493 e. The van der Waals surface area contributed by atoms with Crippen LogP contribution in [0.25, 0.3) is 0 Å². The number of hydrogen-bond donors (Lipinski definition) is 1. The number of nitrogens with zero attached hydrogens (tertiary/aromatic N) is 2. The molecule has 0 spiro atoms. The maximum Gasteiger partial charge on any atom is 0.254 e. The van der Waals surface area contributed by atoms with Crippen LogP contribution in [0.4, 0.5) is 0 Å². The van der Waals surface area contributed by atoms with Crippen molar-refractivity contribution >= 4 is 11.8 Å². The average molecular weight is 512 g/mol. The molecule has 1 aliphatic heterocycles. The number of benzene rings is 2. The molecule has 0 radical (unpaired) electrons. The highest BCUT2D eigenvalue weighted by molar-refractivity contribution is 5.95. The van der Waals surface area contributed by atoms with Crippen LogP contribution in [0.2, 0.25) is 0 Å². The highest BCUT2D eigenvalue weighted by Crippen LogP contribution is 2.30. The minimum atomic E-state index is -0.197. The van der Waals surface area contributed by atoms with Crippen LogP contribution in [0.1, 0.15) is 42.6 Å². The average Bonchev–Trinajstić information content (AvgIpc) is 2.91. The van der Waals surface area contributed by atoms with Gasteiger partial charge in [0.2, 0.25) is 5.91 Å². The fraction of sp³-hybridized carbons (Fsp3) is 0.517. The van der Waals surface area contributed by atoms with E-state index >= 15 is 0 Å². The highest BCUT2D eigenvalue weighted by Gasteiger charge is 2.35. The lowest BCUT2D eigenvalue weighted by molar-refractivity contribution is -0.136. The first-order chi connectivity index (χ1) is 17.8. The zero-order chi connectivity index (χ0) is 26.8. The van der Waals surface area contributed by atoms with Gasteiger partial charge in [0, 0.05) is 64.5 Å². The molecule has 37 heavy (non-hydrogen) atoms. The Morgan fingerprint density at radius 3 is 2.46 bits per heavy atom. The fourth-order valence-electron chi connectivity index (χ4n) is 4.85. The summed E-state index contributed by atoms with van der Waals surface area (Å²) in [5.41, 5.74) is 1.63. The number of piperidine rings is 1. The molecule has 2 aromatic carbocycles. The summed E-state index contributed by atoms with van der Waals surface area (Å²) in [5.74, 6) is 0.921. The van der Waals surface area contributed by atoms with Gasteiger partial charge in [-0.25, -0.2) is 0 Å². The van der Waals surface area contributed by atoms with Crippen LogP contribution < -0.4 is 14.8 Å². The Morgan fingerprint density at radius 1 is 1.03 bits per heavy atom. The van der Waals surface area contributed by atoms with Gasteiger partial charge >= 0.3 is 0 Å². The van der Waals surface area contributed by atoms with Gasteiger partial charge in [-0.2, -0.15) is 0 Å². The Balaban J connectivity index is 1.72. The SMILES string of the molecule is COCCCOc1cc(C(=O)N(C(C)C)[C@H]2CNC[C@@H](C(=O)N(C)Cc3ccccc3)C2)ccc1OC. The van der Waals surface area contributed by atoms with Crippen LogP contribution in [0.3, 0.4) is 0 Å². The number of carbonyl (C=O) groups excluding carboxylic acids is 2. The van der Waals surface area contributed by atoms with Crippen molar-refractivity contribution < 1.29 is 23.8 Å². The molecule has 0 bridgehead atoms. The van der Waals surface area contributed by atoms with E-state index in [1.807, 2.05) is 56.1 Å². The van der Waals surface area contributed by atoms with E-state index in [1.54, 1.807) is 37.3 Å². The molecule has 0 aromatic heterocycles. The molecule has 0 unspecified atom stereocenters. The summed E-state index contributed by atoms with van der Waals surface area (Å²) in [7, 11) is 5.08. The number of rotatable bonds is 12. The molecule has 202 valence electrons. The third-order valence-corrected chi connectivity index (χ3v) is 6.66. The summed E-state index contributed by atoms with van der Waals surface area (Å²) in [6.45, 7) is 6.89. The lowest BCUT2D eigenvalue weighted by atomic mass is 9.92. The smallest absolute Gasteiger partial charge is 0.254 e.